The Bertz CT molecular complexity index is 163. The smallest absolute Gasteiger partial charge is 0.0610 e. The van der Waals surface area contributed by atoms with Crippen LogP contribution in [0.3, 0.4) is 0 Å². The first-order valence-corrected chi connectivity index (χ1v) is 6.38. The van der Waals surface area contributed by atoms with E-state index in [-0.39, 0.29) is 0 Å². The number of rotatable bonds is 0. The molecule has 0 aromatic rings. The molecule has 2 heterocycles. The van der Waals surface area contributed by atoms with Crippen LogP contribution >= 0.6 is 0 Å². The molecule has 2 heteroatoms. The van der Waals surface area contributed by atoms with E-state index in [2.05, 4.69) is 34.9 Å². The zero-order valence-electron chi connectivity index (χ0n) is 10.7. The lowest BCUT2D eigenvalue weighted by atomic mass is 10.2. The van der Waals surface area contributed by atoms with Crippen LogP contribution < -0.4 is 9.80 Å². The van der Waals surface area contributed by atoms with E-state index in [0.29, 0.717) is 0 Å². The second-order valence-corrected chi connectivity index (χ2v) is 5.41. The minimum Gasteiger partial charge on any atom is -0.466 e. The third-order valence-electron chi connectivity index (χ3n) is 4.13. The first-order valence-electron chi connectivity index (χ1n) is 6.38. The minimum absolute atomic E-state index is 0.796. The van der Waals surface area contributed by atoms with Crippen molar-refractivity contribution in [1.29, 1.82) is 0 Å². The molecule has 2 saturated heterocycles. The molecule has 15 heavy (non-hydrogen) atoms. The molecular formula is C13H28N2. The summed E-state index contributed by atoms with van der Waals surface area (Å²) in [6.45, 7) is 8.08. The second-order valence-electron chi connectivity index (χ2n) is 5.41. The highest BCUT2D eigenvalue weighted by Gasteiger charge is 2.22. The first-order chi connectivity index (χ1) is 7.02. The van der Waals surface area contributed by atoms with Crippen LogP contribution in [0.25, 0.3) is 0 Å². The maximum Gasteiger partial charge on any atom is 0.0610 e. The lowest BCUT2D eigenvalue weighted by molar-refractivity contribution is -0.887. The Morgan fingerprint density at radius 2 is 1.40 bits per heavy atom. The minimum atomic E-state index is 0.796. The molecule has 2 aliphatic heterocycles. The van der Waals surface area contributed by atoms with E-state index in [4.69, 9.17) is 0 Å². The summed E-state index contributed by atoms with van der Waals surface area (Å²) in [5.41, 5.74) is 0. The van der Waals surface area contributed by atoms with Gasteiger partial charge in [0, 0.05) is 19.3 Å². The summed E-state index contributed by atoms with van der Waals surface area (Å²) in [5, 5.41) is 0. The summed E-state index contributed by atoms with van der Waals surface area (Å²) in [4.78, 5) is 2.92. The van der Waals surface area contributed by atoms with Gasteiger partial charge in [0.05, 0.1) is 24.7 Å². The Morgan fingerprint density at radius 1 is 0.867 bits per heavy atom. The van der Waals surface area contributed by atoms with E-state index in [1.165, 1.54) is 42.0 Å². The Labute approximate surface area is 95.6 Å². The van der Waals surface area contributed by atoms with Crippen LogP contribution in [0.2, 0.25) is 0 Å². The van der Waals surface area contributed by atoms with Crippen LogP contribution in [0.15, 0.2) is 0 Å². The van der Waals surface area contributed by atoms with Crippen molar-refractivity contribution in [3.63, 3.8) is 0 Å². The summed E-state index contributed by atoms with van der Waals surface area (Å²) in [5.74, 6) is 0. The third-order valence-corrected chi connectivity index (χ3v) is 4.13. The first kappa shape index (κ1) is 13.0. The summed E-state index contributed by atoms with van der Waals surface area (Å²) in [6.07, 6.45) is 5.47. The van der Waals surface area contributed by atoms with Gasteiger partial charge in [-0.1, -0.05) is 0 Å². The van der Waals surface area contributed by atoms with Crippen LogP contribution in [0, 0.1) is 14.1 Å². The van der Waals surface area contributed by atoms with E-state index in [1.54, 1.807) is 0 Å². The lowest BCUT2D eigenvalue weighted by Crippen LogP contribution is -3.11. The van der Waals surface area contributed by atoms with Crippen molar-refractivity contribution in [1.82, 2.24) is 0 Å². The zero-order chi connectivity index (χ0) is 11.4. The number of hydrogen-bond donors (Lipinski definition) is 2. The molecular weight excluding hydrogens is 184 g/mol. The van der Waals surface area contributed by atoms with E-state index in [9.17, 15) is 0 Å². The predicted octanol–water partition coefficient (Wildman–Crippen LogP) is 0.0789. The van der Waals surface area contributed by atoms with Gasteiger partial charge in [0.25, 0.3) is 0 Å². The molecule has 2 rings (SSSR count). The van der Waals surface area contributed by atoms with Crippen molar-refractivity contribution < 1.29 is 9.80 Å². The Kier molecular flexibility index (Phi) is 5.07. The SMILES string of the molecule is [CH2-][NH+]1CCC[C@H]1C.[CH2-][NH+]1[C@H](C)CC[C@H]1C. The fourth-order valence-corrected chi connectivity index (χ4v) is 2.44. The van der Waals surface area contributed by atoms with Crippen molar-refractivity contribution in [2.24, 2.45) is 0 Å². The monoisotopic (exact) mass is 212 g/mol. The maximum atomic E-state index is 4.02. The van der Waals surface area contributed by atoms with Gasteiger partial charge in [0.15, 0.2) is 0 Å². The number of nitrogens with one attached hydrogen (secondary N) is 2. The van der Waals surface area contributed by atoms with Gasteiger partial charge < -0.3 is 9.80 Å². The predicted molar refractivity (Wildman–Crippen MR) is 64.4 cm³/mol. The number of quaternary nitrogens is 2. The largest absolute Gasteiger partial charge is 0.466 e. The fraction of sp³-hybridized carbons (Fsp3) is 0.846. The van der Waals surface area contributed by atoms with E-state index in [0.717, 1.165) is 18.1 Å². The van der Waals surface area contributed by atoms with Crippen molar-refractivity contribution in [3.8, 4) is 0 Å². The van der Waals surface area contributed by atoms with Crippen molar-refractivity contribution >= 4 is 0 Å². The Hall–Kier alpha value is -0.0800. The molecule has 0 aromatic carbocycles. The van der Waals surface area contributed by atoms with E-state index >= 15 is 0 Å². The van der Waals surface area contributed by atoms with Gasteiger partial charge in [-0.3, -0.25) is 0 Å². The van der Waals surface area contributed by atoms with Crippen LogP contribution in [0.4, 0.5) is 0 Å². The van der Waals surface area contributed by atoms with Crippen molar-refractivity contribution in [2.45, 2.75) is 64.6 Å². The van der Waals surface area contributed by atoms with Crippen LogP contribution in [-0.4, -0.2) is 24.7 Å². The summed E-state index contributed by atoms with van der Waals surface area (Å²) in [6, 6.07) is 2.41. The normalized spacial score (nSPS) is 41.4. The average Bonchev–Trinajstić information content (AvgIpc) is 2.70. The maximum absolute atomic E-state index is 4.02. The topological polar surface area (TPSA) is 8.88 Å². The van der Waals surface area contributed by atoms with Gasteiger partial charge in [0.1, 0.15) is 0 Å². The molecule has 0 radical (unpaired) electrons. The summed E-state index contributed by atoms with van der Waals surface area (Å²) < 4.78 is 0. The van der Waals surface area contributed by atoms with Crippen LogP contribution in [0.5, 0.6) is 0 Å². The lowest BCUT2D eigenvalue weighted by Gasteiger charge is -2.24. The Balaban J connectivity index is 0.000000151. The Morgan fingerprint density at radius 3 is 1.53 bits per heavy atom. The third kappa shape index (κ3) is 3.76. The van der Waals surface area contributed by atoms with Crippen molar-refractivity contribution in [3.05, 3.63) is 14.1 Å². The average molecular weight is 212 g/mol. The van der Waals surface area contributed by atoms with E-state index < -0.39 is 0 Å². The highest BCUT2D eigenvalue weighted by molar-refractivity contribution is 4.62. The van der Waals surface area contributed by atoms with Crippen molar-refractivity contribution in [2.75, 3.05) is 6.54 Å². The standard InChI is InChI=1S/C7H15N.C6H13N/c1-6-4-5-7(2)8(6)3;1-6-4-3-5-7(6)2/h6-8H,3-5H2,1-2H3;6-7H,2-5H2,1H3/t6-,7-;6-/m11/s1. The molecule has 0 aliphatic carbocycles. The van der Waals surface area contributed by atoms with Gasteiger partial charge in [-0.25, -0.2) is 0 Å². The molecule has 1 unspecified atom stereocenters. The molecule has 0 amide bonds. The summed E-state index contributed by atoms with van der Waals surface area (Å²) >= 11 is 0. The molecule has 4 atom stereocenters. The van der Waals surface area contributed by atoms with Crippen LogP contribution in [-0.2, 0) is 0 Å². The molecule has 0 saturated carbocycles. The highest BCUT2D eigenvalue weighted by atomic mass is 15.2. The molecule has 0 bridgehead atoms. The molecule has 2 N–H and O–H groups in total. The second kappa shape index (κ2) is 5.86. The quantitative estimate of drug-likeness (QED) is 0.526. The molecule has 2 aliphatic rings. The summed E-state index contributed by atoms with van der Waals surface area (Å²) in [7, 11) is 7.95. The number of likely N-dealkylation sites (tertiary alicyclic amines) is 2. The molecule has 0 aromatic heterocycles. The zero-order valence-corrected chi connectivity index (χ0v) is 10.7. The molecule has 2 fully saturated rings. The van der Waals surface area contributed by atoms with Gasteiger partial charge in [-0.2, -0.15) is 14.1 Å². The van der Waals surface area contributed by atoms with Gasteiger partial charge >= 0.3 is 0 Å². The van der Waals surface area contributed by atoms with Crippen LogP contribution in [0.1, 0.15) is 46.5 Å². The molecule has 90 valence electrons. The molecule has 2 nitrogen and oxygen atoms in total. The fourth-order valence-electron chi connectivity index (χ4n) is 2.44. The van der Waals surface area contributed by atoms with Gasteiger partial charge in [-0.15, -0.1) is 0 Å². The highest BCUT2D eigenvalue weighted by Crippen LogP contribution is 2.03. The molecule has 0 spiro atoms. The van der Waals surface area contributed by atoms with Gasteiger partial charge in [0.2, 0.25) is 0 Å². The van der Waals surface area contributed by atoms with E-state index in [1.807, 2.05) is 0 Å². The van der Waals surface area contributed by atoms with Gasteiger partial charge in [-0.05, 0) is 27.2 Å². The number of hydrogen-bond acceptors (Lipinski definition) is 0.